The van der Waals surface area contributed by atoms with Gasteiger partial charge in [0.05, 0.1) is 11.4 Å². The van der Waals surface area contributed by atoms with Crippen molar-refractivity contribution in [2.45, 2.75) is 44.9 Å². The predicted octanol–water partition coefficient (Wildman–Crippen LogP) is 1.99. The summed E-state index contributed by atoms with van der Waals surface area (Å²) in [6, 6.07) is 3.92. The number of carbonyl (C=O) groups is 1. The van der Waals surface area contributed by atoms with Gasteiger partial charge in [-0.2, -0.15) is 4.31 Å². The third-order valence-corrected chi connectivity index (χ3v) is 6.82. The average molecular weight is 368 g/mol. The highest BCUT2D eigenvalue weighted by Gasteiger charge is 2.32. The van der Waals surface area contributed by atoms with Crippen LogP contribution in [-0.2, 0) is 20.2 Å². The fourth-order valence-corrected chi connectivity index (χ4v) is 5.07. The van der Waals surface area contributed by atoms with Crippen molar-refractivity contribution in [2.24, 2.45) is 0 Å². The molecule has 0 atom stereocenters. The van der Waals surface area contributed by atoms with Gasteiger partial charge in [-0.3, -0.25) is 9.69 Å². The lowest BCUT2D eigenvalue weighted by Gasteiger charge is -2.34. The number of aryl methyl sites for hydroxylation is 2. The Bertz CT molecular complexity index is 735. The number of carboxylic acids is 1. The molecule has 140 valence electrons. The lowest BCUT2D eigenvalue weighted by molar-refractivity contribution is -0.138. The summed E-state index contributed by atoms with van der Waals surface area (Å²) < 4.78 is 27.7. The van der Waals surface area contributed by atoms with Gasteiger partial charge in [0.25, 0.3) is 0 Å². The first kappa shape index (κ1) is 19.9. The van der Waals surface area contributed by atoms with E-state index in [0.29, 0.717) is 31.1 Å². The first-order valence-electron chi connectivity index (χ1n) is 8.49. The van der Waals surface area contributed by atoms with Crippen molar-refractivity contribution in [1.29, 1.82) is 0 Å². The normalized spacial score (nSPS) is 17.6. The number of hydrogen-bond acceptors (Lipinski definition) is 4. The lowest BCUT2D eigenvalue weighted by Crippen LogP contribution is -2.50. The van der Waals surface area contributed by atoms with Crippen LogP contribution in [0.1, 0.15) is 37.5 Å². The second-order valence-electron chi connectivity index (χ2n) is 7.76. The summed E-state index contributed by atoms with van der Waals surface area (Å²) in [6.07, 6.45) is 0. The molecule has 1 aliphatic rings. The van der Waals surface area contributed by atoms with Crippen molar-refractivity contribution in [3.63, 3.8) is 0 Å². The number of hydrogen-bond donors (Lipinski definition) is 1. The summed E-state index contributed by atoms with van der Waals surface area (Å²) in [6.45, 7) is 11.5. The predicted molar refractivity (Wildman–Crippen MR) is 97.5 cm³/mol. The zero-order chi connectivity index (χ0) is 19.0. The van der Waals surface area contributed by atoms with E-state index in [1.165, 1.54) is 4.31 Å². The Hall–Kier alpha value is -1.44. The van der Waals surface area contributed by atoms with E-state index in [0.717, 1.165) is 16.7 Å². The molecule has 0 unspecified atom stereocenters. The van der Waals surface area contributed by atoms with E-state index in [9.17, 15) is 13.2 Å². The van der Waals surface area contributed by atoms with Crippen molar-refractivity contribution in [2.75, 3.05) is 32.7 Å². The summed E-state index contributed by atoms with van der Waals surface area (Å²) >= 11 is 0. The molecule has 1 N–H and O–H groups in total. The first-order valence-corrected chi connectivity index (χ1v) is 9.93. The molecule has 1 aromatic carbocycles. The molecule has 0 aromatic heterocycles. The van der Waals surface area contributed by atoms with Crippen LogP contribution in [0, 0.1) is 13.8 Å². The van der Waals surface area contributed by atoms with Gasteiger partial charge in [0.1, 0.15) is 0 Å². The van der Waals surface area contributed by atoms with Crippen molar-refractivity contribution < 1.29 is 18.3 Å². The maximum Gasteiger partial charge on any atom is 0.317 e. The summed E-state index contributed by atoms with van der Waals surface area (Å²) in [5.41, 5.74) is 2.60. The van der Waals surface area contributed by atoms with E-state index in [4.69, 9.17) is 5.11 Å². The molecule has 0 saturated carbocycles. The molecule has 0 spiro atoms. The Kier molecular flexibility index (Phi) is 5.61. The summed E-state index contributed by atoms with van der Waals surface area (Å²) in [5.74, 6) is -0.888. The van der Waals surface area contributed by atoms with E-state index in [1.54, 1.807) is 4.90 Å². The molecule has 6 nitrogen and oxygen atoms in total. The van der Waals surface area contributed by atoms with Crippen LogP contribution in [0.3, 0.4) is 0 Å². The van der Waals surface area contributed by atoms with Crippen LogP contribution in [0.5, 0.6) is 0 Å². The Morgan fingerprint density at radius 3 is 1.96 bits per heavy atom. The zero-order valence-electron chi connectivity index (χ0n) is 15.7. The van der Waals surface area contributed by atoms with Gasteiger partial charge in [0.2, 0.25) is 10.0 Å². The Balaban J connectivity index is 2.28. The minimum Gasteiger partial charge on any atom is -0.480 e. The monoisotopic (exact) mass is 368 g/mol. The number of aliphatic carboxylic acids is 1. The van der Waals surface area contributed by atoms with Crippen molar-refractivity contribution >= 4 is 16.0 Å². The van der Waals surface area contributed by atoms with Crippen molar-refractivity contribution in [1.82, 2.24) is 9.21 Å². The van der Waals surface area contributed by atoms with Crippen LogP contribution in [0.15, 0.2) is 17.0 Å². The minimum atomic E-state index is -3.58. The molecule has 7 heteroatoms. The highest BCUT2D eigenvalue weighted by Crippen LogP contribution is 2.31. The Labute approximate surface area is 150 Å². The van der Waals surface area contributed by atoms with Crippen molar-refractivity contribution in [3.05, 3.63) is 28.8 Å². The summed E-state index contributed by atoms with van der Waals surface area (Å²) in [5, 5.41) is 8.86. The molecule has 1 aliphatic heterocycles. The fourth-order valence-electron chi connectivity index (χ4n) is 3.24. The van der Waals surface area contributed by atoms with E-state index in [2.05, 4.69) is 20.8 Å². The van der Waals surface area contributed by atoms with Gasteiger partial charge >= 0.3 is 5.97 Å². The van der Waals surface area contributed by atoms with Crippen LogP contribution in [0.4, 0.5) is 0 Å². The topological polar surface area (TPSA) is 77.9 Å². The van der Waals surface area contributed by atoms with Gasteiger partial charge in [-0.15, -0.1) is 0 Å². The third kappa shape index (κ3) is 4.40. The highest BCUT2D eigenvalue weighted by molar-refractivity contribution is 7.89. The van der Waals surface area contributed by atoms with Crippen LogP contribution >= 0.6 is 0 Å². The molecule has 0 amide bonds. The molecule has 1 saturated heterocycles. The Morgan fingerprint density at radius 1 is 1.08 bits per heavy atom. The molecule has 25 heavy (non-hydrogen) atoms. The second-order valence-corrected chi connectivity index (χ2v) is 9.64. The molecule has 1 fully saturated rings. The first-order chi connectivity index (χ1) is 11.4. The van der Waals surface area contributed by atoms with E-state index in [1.807, 2.05) is 26.0 Å². The molecule has 0 aliphatic carbocycles. The molecule has 0 radical (unpaired) electrons. The minimum absolute atomic E-state index is 0.0414. The van der Waals surface area contributed by atoms with Crippen LogP contribution in [0.25, 0.3) is 0 Å². The number of benzene rings is 1. The third-order valence-electron chi connectivity index (χ3n) is 4.61. The largest absolute Gasteiger partial charge is 0.480 e. The van der Waals surface area contributed by atoms with Crippen molar-refractivity contribution in [3.8, 4) is 0 Å². The van der Waals surface area contributed by atoms with Crippen LogP contribution in [-0.4, -0.2) is 61.4 Å². The Morgan fingerprint density at radius 2 is 1.56 bits per heavy atom. The summed E-state index contributed by atoms with van der Waals surface area (Å²) in [7, 11) is -3.58. The van der Waals surface area contributed by atoms with Gasteiger partial charge in [-0.25, -0.2) is 8.42 Å². The SMILES string of the molecule is Cc1cc(C(C)(C)C)cc(C)c1S(=O)(=O)N1CCN(CC(=O)O)CC1. The number of sulfonamides is 1. The number of carboxylic acid groups (broad SMARTS) is 1. The van der Waals surface area contributed by atoms with Gasteiger partial charge < -0.3 is 5.11 Å². The van der Waals surface area contributed by atoms with Gasteiger partial charge in [0, 0.05) is 26.2 Å². The smallest absolute Gasteiger partial charge is 0.317 e. The molecular formula is C18H28N2O4S. The molecule has 1 aromatic rings. The van der Waals surface area contributed by atoms with E-state index >= 15 is 0 Å². The van der Waals surface area contributed by atoms with Crippen LogP contribution < -0.4 is 0 Å². The lowest BCUT2D eigenvalue weighted by atomic mass is 9.85. The quantitative estimate of drug-likeness (QED) is 0.879. The second kappa shape index (κ2) is 7.05. The fraction of sp³-hybridized carbons (Fsp3) is 0.611. The summed E-state index contributed by atoms with van der Waals surface area (Å²) in [4.78, 5) is 12.9. The zero-order valence-corrected chi connectivity index (χ0v) is 16.5. The van der Waals surface area contributed by atoms with Gasteiger partial charge in [-0.1, -0.05) is 32.9 Å². The maximum atomic E-state index is 13.1. The molecular weight excluding hydrogens is 340 g/mol. The molecule has 2 rings (SSSR count). The average Bonchev–Trinajstić information content (AvgIpc) is 2.45. The van der Waals surface area contributed by atoms with E-state index < -0.39 is 16.0 Å². The van der Waals surface area contributed by atoms with E-state index in [-0.39, 0.29) is 12.0 Å². The number of rotatable bonds is 4. The van der Waals surface area contributed by atoms with Crippen LogP contribution in [0.2, 0.25) is 0 Å². The maximum absolute atomic E-state index is 13.1. The number of piperazine rings is 1. The molecule has 0 bridgehead atoms. The molecule has 1 heterocycles. The number of nitrogens with zero attached hydrogens (tertiary/aromatic N) is 2. The highest BCUT2D eigenvalue weighted by atomic mass is 32.2. The van der Waals surface area contributed by atoms with Gasteiger partial charge in [-0.05, 0) is 36.0 Å². The van der Waals surface area contributed by atoms with Gasteiger partial charge in [0.15, 0.2) is 0 Å². The standard InChI is InChI=1S/C18H28N2O4S/c1-13-10-15(18(3,4)5)11-14(2)17(13)25(23,24)20-8-6-19(7-9-20)12-16(21)22/h10-11H,6-9,12H2,1-5H3,(H,21,22).